The molecule has 0 spiro atoms. The minimum absolute atomic E-state index is 0.0286. The van der Waals surface area contributed by atoms with Gasteiger partial charge in [-0.15, -0.1) is 11.3 Å². The summed E-state index contributed by atoms with van der Waals surface area (Å²) in [6, 6.07) is 10.5. The summed E-state index contributed by atoms with van der Waals surface area (Å²) in [5, 5.41) is 18.5. The number of carbonyl (C=O) groups excluding carboxylic acids is 1. The van der Waals surface area contributed by atoms with Gasteiger partial charge in [-0.1, -0.05) is 13.0 Å². The van der Waals surface area contributed by atoms with Crippen LogP contribution in [-0.2, 0) is 24.3 Å². The molecule has 4 aliphatic rings. The van der Waals surface area contributed by atoms with Crippen molar-refractivity contribution in [2.24, 2.45) is 5.41 Å². The smallest absolute Gasteiger partial charge is 0.367 e. The van der Waals surface area contributed by atoms with E-state index in [0.29, 0.717) is 28.1 Å². The van der Waals surface area contributed by atoms with Crippen molar-refractivity contribution < 1.29 is 18.0 Å². The van der Waals surface area contributed by atoms with Crippen LogP contribution in [-0.4, -0.2) is 56.2 Å². The molecule has 2 N–H and O–H groups in total. The lowest BCUT2D eigenvalue weighted by molar-refractivity contribution is -0.171. The molecule has 1 aromatic carbocycles. The van der Waals surface area contributed by atoms with Gasteiger partial charge in [-0.2, -0.15) is 18.4 Å². The standard InChI is InChI=1S/C34H38F3N7OS/c1-3-4-29(45)42-33-16-32(17-33,18-33)19-44-24(14-38)11-26-21(2)22(5-6-28(26)44)15-43-9-7-23(8-10-43)41-30-27-12-25(13-34(35,36)37)46-31(27)40-20-39-30/h5-6,11-12,20,23H,3-4,7-10,13,15-19H2,1-2H3,(H,42,45)(H,39,40,41). The van der Waals surface area contributed by atoms with Crippen LogP contribution in [0.15, 0.2) is 30.6 Å². The first-order valence-corrected chi connectivity index (χ1v) is 16.9. The SMILES string of the molecule is CCCC(=O)NC12CC(Cn3c(C#N)cc4c(C)c(CN5CCC(Nc6ncnc7sc(CC(F)(F)F)cc67)CC5)ccc43)(C1)C2. The van der Waals surface area contributed by atoms with Crippen LogP contribution in [0.1, 0.15) is 73.6 Å². The van der Waals surface area contributed by atoms with Crippen molar-refractivity contribution in [1.82, 2.24) is 24.8 Å². The van der Waals surface area contributed by atoms with Gasteiger partial charge in [0.25, 0.3) is 0 Å². The fourth-order valence-electron chi connectivity index (χ4n) is 8.15. The van der Waals surface area contributed by atoms with Gasteiger partial charge in [-0.3, -0.25) is 9.69 Å². The van der Waals surface area contributed by atoms with E-state index in [1.54, 1.807) is 6.07 Å². The third kappa shape index (κ3) is 5.84. The minimum Gasteiger partial charge on any atom is -0.367 e. The Balaban J connectivity index is 0.980. The van der Waals surface area contributed by atoms with Crippen molar-refractivity contribution in [3.05, 3.63) is 52.3 Å². The number of likely N-dealkylation sites (tertiary alicyclic amines) is 1. The van der Waals surface area contributed by atoms with Crippen LogP contribution in [0, 0.1) is 23.7 Å². The number of fused-ring (bicyclic) bond motifs is 2. The maximum Gasteiger partial charge on any atom is 0.393 e. The molecular weight excluding hydrogens is 611 g/mol. The van der Waals surface area contributed by atoms with Gasteiger partial charge in [0, 0.05) is 60.0 Å². The Kier molecular flexibility index (Phi) is 7.75. The Morgan fingerprint density at radius 3 is 2.61 bits per heavy atom. The van der Waals surface area contributed by atoms with Crippen LogP contribution in [0.4, 0.5) is 19.0 Å². The van der Waals surface area contributed by atoms with Crippen LogP contribution >= 0.6 is 11.3 Å². The van der Waals surface area contributed by atoms with Gasteiger partial charge in [-0.25, -0.2) is 9.97 Å². The van der Waals surface area contributed by atoms with E-state index in [9.17, 15) is 23.2 Å². The Morgan fingerprint density at radius 1 is 1.15 bits per heavy atom. The number of rotatable bonds is 10. The molecule has 1 aliphatic heterocycles. The average Bonchev–Trinajstić information content (AvgIpc) is 3.54. The summed E-state index contributed by atoms with van der Waals surface area (Å²) in [6.45, 7) is 7.55. The van der Waals surface area contributed by atoms with E-state index in [0.717, 1.165) is 86.9 Å². The highest BCUT2D eigenvalue weighted by atomic mass is 32.1. The van der Waals surface area contributed by atoms with Gasteiger partial charge in [-0.05, 0) is 80.2 Å². The predicted octanol–water partition coefficient (Wildman–Crippen LogP) is 6.85. The number of anilines is 1. The van der Waals surface area contributed by atoms with Crippen LogP contribution < -0.4 is 10.6 Å². The number of hydrogen-bond donors (Lipinski definition) is 2. The zero-order chi connectivity index (χ0) is 32.3. The highest BCUT2D eigenvalue weighted by molar-refractivity contribution is 7.18. The zero-order valence-corrected chi connectivity index (χ0v) is 27.0. The first-order chi connectivity index (χ1) is 22.0. The summed E-state index contributed by atoms with van der Waals surface area (Å²) in [6.07, 6.45) is 2.36. The van der Waals surface area contributed by atoms with Crippen LogP contribution in [0.25, 0.3) is 21.1 Å². The maximum atomic E-state index is 12.9. The largest absolute Gasteiger partial charge is 0.393 e. The molecule has 3 aliphatic carbocycles. The quantitative estimate of drug-likeness (QED) is 0.195. The molecule has 4 fully saturated rings. The Morgan fingerprint density at radius 2 is 1.91 bits per heavy atom. The van der Waals surface area contributed by atoms with E-state index < -0.39 is 12.6 Å². The number of nitrogens with one attached hydrogen (secondary N) is 2. The number of nitrogens with zero attached hydrogens (tertiary/aromatic N) is 5. The fourth-order valence-corrected chi connectivity index (χ4v) is 9.18. The van der Waals surface area contributed by atoms with Crippen molar-refractivity contribution in [1.29, 1.82) is 5.26 Å². The number of nitriles is 1. The molecule has 3 saturated carbocycles. The fraction of sp³-hybridized carbons (Fsp3) is 0.529. The number of amides is 1. The van der Waals surface area contributed by atoms with E-state index in [1.807, 2.05) is 13.0 Å². The normalized spacial score (nSPS) is 23.2. The van der Waals surface area contributed by atoms with Crippen molar-refractivity contribution in [3.63, 3.8) is 0 Å². The molecule has 4 heterocycles. The van der Waals surface area contributed by atoms with Crippen molar-refractivity contribution in [2.75, 3.05) is 18.4 Å². The van der Waals surface area contributed by atoms with Gasteiger partial charge in [0.2, 0.25) is 5.91 Å². The number of benzene rings is 1. The molecule has 2 bridgehead atoms. The van der Waals surface area contributed by atoms with Gasteiger partial charge >= 0.3 is 6.18 Å². The van der Waals surface area contributed by atoms with E-state index in [-0.39, 0.29) is 27.8 Å². The second kappa shape index (κ2) is 11.5. The minimum atomic E-state index is -4.26. The second-order valence-corrected chi connectivity index (χ2v) is 14.9. The highest BCUT2D eigenvalue weighted by Gasteiger charge is 2.68. The number of thiophene rings is 1. The van der Waals surface area contributed by atoms with Crippen molar-refractivity contribution in [2.45, 2.75) is 96.1 Å². The molecule has 1 amide bonds. The lowest BCUT2D eigenvalue weighted by Gasteiger charge is -2.70. The number of aromatic nitrogens is 3. The monoisotopic (exact) mass is 649 g/mol. The topological polar surface area (TPSA) is 98.9 Å². The van der Waals surface area contributed by atoms with E-state index in [4.69, 9.17) is 0 Å². The molecule has 4 aromatic rings. The molecule has 0 atom stereocenters. The van der Waals surface area contributed by atoms with E-state index >= 15 is 0 Å². The van der Waals surface area contributed by atoms with Crippen molar-refractivity contribution >= 4 is 44.2 Å². The number of piperidine rings is 1. The third-order valence-electron chi connectivity index (χ3n) is 10.2. The number of hydrogen-bond acceptors (Lipinski definition) is 7. The van der Waals surface area contributed by atoms with Crippen LogP contribution in [0.5, 0.6) is 0 Å². The van der Waals surface area contributed by atoms with E-state index in [1.165, 1.54) is 17.5 Å². The molecule has 8 rings (SSSR count). The lowest BCUT2D eigenvalue weighted by Crippen LogP contribution is -2.75. The first-order valence-electron chi connectivity index (χ1n) is 16.1. The zero-order valence-electron chi connectivity index (χ0n) is 26.1. The summed E-state index contributed by atoms with van der Waals surface area (Å²) in [5.74, 6) is 0.748. The summed E-state index contributed by atoms with van der Waals surface area (Å²) in [5.41, 5.74) is 4.36. The second-order valence-electron chi connectivity index (χ2n) is 13.8. The summed E-state index contributed by atoms with van der Waals surface area (Å²) < 4.78 is 41.0. The number of alkyl halides is 3. The number of halogens is 3. The average molecular weight is 650 g/mol. The Hall–Kier alpha value is -3.69. The molecule has 0 unspecified atom stereocenters. The van der Waals surface area contributed by atoms with Gasteiger partial charge in [0.1, 0.15) is 28.7 Å². The van der Waals surface area contributed by atoms with E-state index in [2.05, 4.69) is 55.2 Å². The first kappa shape index (κ1) is 30.9. The molecule has 12 heteroatoms. The van der Waals surface area contributed by atoms with Gasteiger partial charge in [0.15, 0.2) is 0 Å². The lowest BCUT2D eigenvalue weighted by atomic mass is 9.39. The van der Waals surface area contributed by atoms with Crippen LogP contribution in [0.2, 0.25) is 0 Å². The number of carbonyl (C=O) groups is 1. The summed E-state index contributed by atoms with van der Waals surface area (Å²) in [7, 11) is 0. The third-order valence-corrected chi connectivity index (χ3v) is 11.2. The summed E-state index contributed by atoms with van der Waals surface area (Å²) >= 11 is 1.07. The molecule has 8 nitrogen and oxygen atoms in total. The summed E-state index contributed by atoms with van der Waals surface area (Å²) in [4.78, 5) is 23.9. The molecule has 3 aromatic heterocycles. The predicted molar refractivity (Wildman–Crippen MR) is 173 cm³/mol. The maximum absolute atomic E-state index is 12.9. The number of aryl methyl sites for hydroxylation is 1. The Bertz CT molecular complexity index is 1830. The molecular formula is C34H38F3N7OS. The molecule has 46 heavy (non-hydrogen) atoms. The molecule has 1 saturated heterocycles. The molecule has 0 radical (unpaired) electrons. The van der Waals surface area contributed by atoms with Crippen molar-refractivity contribution in [3.8, 4) is 6.07 Å². The highest BCUT2D eigenvalue weighted by Crippen LogP contribution is 2.68. The van der Waals surface area contributed by atoms with Gasteiger partial charge < -0.3 is 15.2 Å². The molecule has 242 valence electrons. The van der Waals surface area contributed by atoms with Gasteiger partial charge in [0.05, 0.1) is 11.8 Å². The van der Waals surface area contributed by atoms with Crippen LogP contribution in [0.3, 0.4) is 0 Å². The Labute approximate surface area is 270 Å².